The Labute approximate surface area is 181 Å². The number of fused-ring (bicyclic) bond motifs is 2. The number of carbonyl (C=O) groups is 2. The van der Waals surface area contributed by atoms with Crippen molar-refractivity contribution in [2.45, 2.75) is 64.8 Å². The van der Waals surface area contributed by atoms with E-state index in [1.165, 1.54) is 4.52 Å². The summed E-state index contributed by atoms with van der Waals surface area (Å²) in [4.78, 5) is 46.9. The Morgan fingerprint density at radius 1 is 1.23 bits per heavy atom. The minimum atomic E-state index is -0.108. The number of carbonyl (C=O) groups excluding carboxylic acids is 2. The van der Waals surface area contributed by atoms with E-state index < -0.39 is 0 Å². The number of piperidine rings is 1. The van der Waals surface area contributed by atoms with Crippen LogP contribution in [0.3, 0.4) is 0 Å². The molecular weight excluding hydrogens is 394 g/mol. The molecule has 5 rings (SSSR count). The molecule has 2 amide bonds. The maximum atomic E-state index is 13.2. The van der Waals surface area contributed by atoms with Crippen molar-refractivity contribution in [3.05, 3.63) is 33.4 Å². The number of H-pyrrole nitrogens is 1. The molecule has 31 heavy (non-hydrogen) atoms. The van der Waals surface area contributed by atoms with Gasteiger partial charge in [-0.05, 0) is 32.1 Å². The van der Waals surface area contributed by atoms with Gasteiger partial charge < -0.3 is 9.80 Å². The lowest BCUT2D eigenvalue weighted by atomic mass is 9.93. The highest BCUT2D eigenvalue weighted by atomic mass is 16.2. The van der Waals surface area contributed by atoms with Crippen LogP contribution in [0.4, 0.5) is 0 Å². The van der Waals surface area contributed by atoms with E-state index in [9.17, 15) is 14.4 Å². The summed E-state index contributed by atoms with van der Waals surface area (Å²) >= 11 is 0. The second-order valence-corrected chi connectivity index (χ2v) is 9.46. The second-order valence-electron chi connectivity index (χ2n) is 9.46. The number of likely N-dealkylation sites (tertiary alicyclic amines) is 1. The zero-order chi connectivity index (χ0) is 21.7. The number of hydrogen-bond acceptors (Lipinski definition) is 4. The Kier molecular flexibility index (Phi) is 5.10. The summed E-state index contributed by atoms with van der Waals surface area (Å²) in [6, 6.07) is 1.96. The van der Waals surface area contributed by atoms with Gasteiger partial charge in [-0.2, -0.15) is 0 Å². The number of hydrogen-bond donors (Lipinski definition) is 1. The fourth-order valence-corrected chi connectivity index (χ4v) is 4.90. The van der Waals surface area contributed by atoms with Crippen LogP contribution in [0.25, 0.3) is 5.65 Å². The molecule has 2 aliphatic heterocycles. The van der Waals surface area contributed by atoms with Crippen LogP contribution in [0.15, 0.2) is 10.9 Å². The fraction of sp³-hybridized carbons (Fsp3) is 0.652. The minimum absolute atomic E-state index is 0.0405. The predicted molar refractivity (Wildman–Crippen MR) is 116 cm³/mol. The topological polar surface area (TPSA) is 90.8 Å². The summed E-state index contributed by atoms with van der Waals surface area (Å²) in [5.41, 5.74) is 2.92. The van der Waals surface area contributed by atoms with Crippen LogP contribution < -0.4 is 5.56 Å². The lowest BCUT2D eigenvalue weighted by Crippen LogP contribution is -2.41. The number of nitrogens with one attached hydrogen (secondary N) is 1. The van der Waals surface area contributed by atoms with E-state index in [1.807, 2.05) is 29.7 Å². The van der Waals surface area contributed by atoms with Crippen LogP contribution in [0.1, 0.15) is 68.8 Å². The molecule has 2 unspecified atom stereocenters. The Morgan fingerprint density at radius 2 is 2.03 bits per heavy atom. The van der Waals surface area contributed by atoms with Gasteiger partial charge in [0.2, 0.25) is 11.8 Å². The third-order valence-electron chi connectivity index (χ3n) is 7.23. The average Bonchev–Trinajstić information content (AvgIpc) is 3.56. The molecule has 0 bridgehead atoms. The van der Waals surface area contributed by atoms with Crippen molar-refractivity contribution in [2.75, 3.05) is 19.6 Å². The molecule has 2 fully saturated rings. The Bertz CT molecular complexity index is 1080. The number of aromatic nitrogens is 3. The summed E-state index contributed by atoms with van der Waals surface area (Å²) in [6.07, 6.45) is 5.35. The molecule has 0 aromatic carbocycles. The van der Waals surface area contributed by atoms with E-state index in [4.69, 9.17) is 4.98 Å². The van der Waals surface area contributed by atoms with Crippen LogP contribution in [-0.4, -0.2) is 55.8 Å². The highest BCUT2D eigenvalue weighted by Crippen LogP contribution is 2.32. The monoisotopic (exact) mass is 425 g/mol. The number of nitrogens with zero attached hydrogens (tertiary/aromatic N) is 4. The number of amides is 2. The van der Waals surface area contributed by atoms with Crippen molar-refractivity contribution in [1.82, 2.24) is 24.4 Å². The van der Waals surface area contributed by atoms with E-state index in [1.54, 1.807) is 0 Å². The molecule has 2 aromatic heterocycles. The van der Waals surface area contributed by atoms with Crippen molar-refractivity contribution in [2.24, 2.45) is 11.8 Å². The molecule has 0 spiro atoms. The lowest BCUT2D eigenvalue weighted by Gasteiger charge is -2.33. The Hall–Kier alpha value is -2.64. The summed E-state index contributed by atoms with van der Waals surface area (Å²) in [7, 11) is 0. The molecule has 2 atom stereocenters. The molecule has 8 heteroatoms. The van der Waals surface area contributed by atoms with Gasteiger partial charge in [-0.15, -0.1) is 0 Å². The molecule has 0 radical (unpaired) electrons. The average molecular weight is 426 g/mol. The molecule has 166 valence electrons. The second kappa shape index (κ2) is 7.80. The van der Waals surface area contributed by atoms with E-state index in [-0.39, 0.29) is 35.1 Å². The van der Waals surface area contributed by atoms with Gasteiger partial charge in [0.15, 0.2) is 5.65 Å². The van der Waals surface area contributed by atoms with Gasteiger partial charge in [-0.25, -0.2) is 9.50 Å². The predicted octanol–water partition coefficient (Wildman–Crippen LogP) is 2.07. The molecule has 2 aromatic rings. The van der Waals surface area contributed by atoms with Crippen molar-refractivity contribution in [1.29, 1.82) is 0 Å². The molecule has 8 nitrogen and oxygen atoms in total. The van der Waals surface area contributed by atoms with Gasteiger partial charge in [0.05, 0.1) is 17.8 Å². The van der Waals surface area contributed by atoms with Crippen LogP contribution in [0.5, 0.6) is 0 Å². The molecule has 1 aliphatic carbocycles. The molecule has 1 saturated heterocycles. The van der Waals surface area contributed by atoms with Crippen molar-refractivity contribution in [3.63, 3.8) is 0 Å². The van der Waals surface area contributed by atoms with Crippen molar-refractivity contribution < 1.29 is 9.59 Å². The van der Waals surface area contributed by atoms with Crippen LogP contribution in [0.2, 0.25) is 0 Å². The first-order valence-corrected chi connectivity index (χ1v) is 11.7. The van der Waals surface area contributed by atoms with Gasteiger partial charge in [-0.1, -0.05) is 13.8 Å². The minimum Gasteiger partial charge on any atom is -0.342 e. The number of rotatable bonds is 4. The standard InChI is InChI=1S/C23H31N5O3/c1-3-14(2)21(29)26-9-4-5-16(12-26)19-11-20-24-18-8-10-27(22(30)15-6-7-15)13-17(18)23(31)28(20)25-19/h11,14-16,25H,3-10,12-13H2,1-2H3. The van der Waals surface area contributed by atoms with Crippen molar-refractivity contribution in [3.8, 4) is 0 Å². The van der Waals surface area contributed by atoms with Gasteiger partial charge in [0.1, 0.15) is 0 Å². The van der Waals surface area contributed by atoms with E-state index in [0.717, 1.165) is 50.0 Å². The summed E-state index contributed by atoms with van der Waals surface area (Å²) in [5.74, 6) is 0.766. The molecule has 1 N–H and O–H groups in total. The normalized spacial score (nSPS) is 22.5. The molecule has 3 aliphatic rings. The van der Waals surface area contributed by atoms with Crippen LogP contribution in [0, 0.1) is 11.8 Å². The number of aromatic amines is 1. The van der Waals surface area contributed by atoms with Gasteiger partial charge in [0, 0.05) is 55.6 Å². The summed E-state index contributed by atoms with van der Waals surface area (Å²) in [5, 5.41) is 3.27. The fourth-order valence-electron chi connectivity index (χ4n) is 4.90. The van der Waals surface area contributed by atoms with Gasteiger partial charge in [0.25, 0.3) is 5.56 Å². The molecular formula is C23H31N5O3. The SMILES string of the molecule is CCC(C)C(=O)N1CCCC(c2cc3nc4c(c(=O)n3[nH]2)CN(C(=O)C2CC2)CC4)C1. The van der Waals surface area contributed by atoms with E-state index >= 15 is 0 Å². The Morgan fingerprint density at radius 3 is 2.77 bits per heavy atom. The smallest absolute Gasteiger partial charge is 0.277 e. The zero-order valence-corrected chi connectivity index (χ0v) is 18.4. The first-order chi connectivity index (χ1) is 15.0. The first kappa shape index (κ1) is 20.3. The first-order valence-electron chi connectivity index (χ1n) is 11.7. The molecule has 1 saturated carbocycles. The van der Waals surface area contributed by atoms with E-state index in [0.29, 0.717) is 37.3 Å². The van der Waals surface area contributed by atoms with Crippen molar-refractivity contribution >= 4 is 17.5 Å². The van der Waals surface area contributed by atoms with Crippen LogP contribution in [-0.2, 0) is 22.6 Å². The molecule has 4 heterocycles. The van der Waals surface area contributed by atoms with Crippen LogP contribution >= 0.6 is 0 Å². The maximum absolute atomic E-state index is 13.2. The largest absolute Gasteiger partial charge is 0.342 e. The third-order valence-corrected chi connectivity index (χ3v) is 7.23. The van der Waals surface area contributed by atoms with E-state index in [2.05, 4.69) is 5.10 Å². The summed E-state index contributed by atoms with van der Waals surface area (Å²) < 4.78 is 1.52. The quantitative estimate of drug-likeness (QED) is 0.812. The van der Waals surface area contributed by atoms with Gasteiger partial charge in [-0.3, -0.25) is 19.5 Å². The van der Waals surface area contributed by atoms with Gasteiger partial charge >= 0.3 is 0 Å². The summed E-state index contributed by atoms with van der Waals surface area (Å²) in [6.45, 7) is 6.50. The highest BCUT2D eigenvalue weighted by molar-refractivity contribution is 5.81. The maximum Gasteiger partial charge on any atom is 0.277 e. The zero-order valence-electron chi connectivity index (χ0n) is 18.4. The lowest BCUT2D eigenvalue weighted by molar-refractivity contribution is -0.136. The Balaban J connectivity index is 1.40. The third kappa shape index (κ3) is 3.66. The highest BCUT2D eigenvalue weighted by Gasteiger charge is 2.36.